The third-order valence-electron chi connectivity index (χ3n) is 4.97. The zero-order valence-electron chi connectivity index (χ0n) is 16.0. The fourth-order valence-corrected chi connectivity index (χ4v) is 3.29. The van der Waals surface area contributed by atoms with Gasteiger partial charge in [-0.15, -0.1) is 5.10 Å². The summed E-state index contributed by atoms with van der Waals surface area (Å²) in [5, 5.41) is 8.41. The molecular formula is C23H22N4O. The Labute approximate surface area is 164 Å². The van der Waals surface area contributed by atoms with E-state index in [1.54, 1.807) is 4.90 Å². The van der Waals surface area contributed by atoms with Gasteiger partial charge in [-0.2, -0.15) is 0 Å². The fraction of sp³-hybridized carbons (Fsp3) is 0.174. The van der Waals surface area contributed by atoms with Crippen molar-refractivity contribution in [2.24, 2.45) is 0 Å². The van der Waals surface area contributed by atoms with E-state index >= 15 is 0 Å². The van der Waals surface area contributed by atoms with E-state index in [9.17, 15) is 4.79 Å². The van der Waals surface area contributed by atoms with Crippen LogP contribution in [0.25, 0.3) is 11.0 Å². The van der Waals surface area contributed by atoms with Gasteiger partial charge in [-0.3, -0.25) is 4.79 Å². The second-order valence-corrected chi connectivity index (χ2v) is 7.02. The number of carbonyl (C=O) groups is 1. The van der Waals surface area contributed by atoms with Crippen molar-refractivity contribution in [3.8, 4) is 0 Å². The maximum atomic E-state index is 12.8. The van der Waals surface area contributed by atoms with Crippen molar-refractivity contribution in [3.63, 3.8) is 0 Å². The van der Waals surface area contributed by atoms with Gasteiger partial charge in [0.05, 0.1) is 12.1 Å². The normalized spacial score (nSPS) is 10.9. The summed E-state index contributed by atoms with van der Waals surface area (Å²) in [6, 6.07) is 23.7. The summed E-state index contributed by atoms with van der Waals surface area (Å²) in [7, 11) is 1.84. The van der Waals surface area contributed by atoms with Crippen LogP contribution in [0, 0.1) is 6.92 Å². The lowest BCUT2D eigenvalue weighted by Gasteiger charge is -2.18. The maximum Gasteiger partial charge on any atom is 0.253 e. The van der Waals surface area contributed by atoms with Crippen LogP contribution < -0.4 is 0 Å². The number of carbonyl (C=O) groups excluding carboxylic acids is 1. The topological polar surface area (TPSA) is 51.0 Å². The number of fused-ring (bicyclic) bond motifs is 1. The molecule has 0 radical (unpaired) electrons. The number of hydrogen-bond donors (Lipinski definition) is 0. The fourth-order valence-electron chi connectivity index (χ4n) is 3.29. The van der Waals surface area contributed by atoms with E-state index in [-0.39, 0.29) is 5.91 Å². The molecule has 1 heterocycles. The lowest BCUT2D eigenvalue weighted by molar-refractivity contribution is 0.0785. The summed E-state index contributed by atoms with van der Waals surface area (Å²) in [5.74, 6) is 0.0148. The van der Waals surface area contributed by atoms with Gasteiger partial charge in [0.25, 0.3) is 5.91 Å². The van der Waals surface area contributed by atoms with Gasteiger partial charge < -0.3 is 4.90 Å². The van der Waals surface area contributed by atoms with Crippen molar-refractivity contribution in [1.82, 2.24) is 19.9 Å². The molecule has 0 atom stereocenters. The predicted octanol–water partition coefficient (Wildman–Crippen LogP) is 4.06. The molecule has 140 valence electrons. The van der Waals surface area contributed by atoms with Crippen molar-refractivity contribution >= 4 is 16.9 Å². The minimum Gasteiger partial charge on any atom is -0.337 e. The van der Waals surface area contributed by atoms with Crippen LogP contribution in [0.15, 0.2) is 72.8 Å². The van der Waals surface area contributed by atoms with Crippen molar-refractivity contribution in [2.45, 2.75) is 20.0 Å². The van der Waals surface area contributed by atoms with E-state index in [0.717, 1.165) is 22.2 Å². The summed E-state index contributed by atoms with van der Waals surface area (Å²) >= 11 is 0. The Balaban J connectivity index is 1.46. The Morgan fingerprint density at radius 3 is 2.46 bits per heavy atom. The molecule has 0 aliphatic carbocycles. The molecule has 5 heteroatoms. The molecule has 0 saturated heterocycles. The van der Waals surface area contributed by atoms with E-state index in [0.29, 0.717) is 18.7 Å². The number of rotatable bonds is 5. The predicted molar refractivity (Wildman–Crippen MR) is 110 cm³/mol. The third-order valence-corrected chi connectivity index (χ3v) is 4.97. The molecule has 0 unspecified atom stereocenters. The average molecular weight is 370 g/mol. The van der Waals surface area contributed by atoms with E-state index in [1.807, 2.05) is 72.4 Å². The number of nitrogens with zero attached hydrogens (tertiary/aromatic N) is 4. The van der Waals surface area contributed by atoms with Crippen LogP contribution in [0.5, 0.6) is 0 Å². The first-order chi connectivity index (χ1) is 13.6. The van der Waals surface area contributed by atoms with Crippen molar-refractivity contribution in [1.29, 1.82) is 0 Å². The van der Waals surface area contributed by atoms with Gasteiger partial charge in [0.15, 0.2) is 0 Å². The molecule has 0 fully saturated rings. The summed E-state index contributed by atoms with van der Waals surface area (Å²) in [5.41, 5.74) is 6.00. The van der Waals surface area contributed by atoms with E-state index < -0.39 is 0 Å². The standard InChI is InChI=1S/C23H22N4O/c1-17-7-3-4-8-20(17)16-26(2)23(28)19-13-11-18(12-14-19)15-27-22-10-6-5-9-21(22)24-25-27/h3-14H,15-16H2,1-2H3. The van der Waals surface area contributed by atoms with Crippen molar-refractivity contribution in [3.05, 3.63) is 95.1 Å². The van der Waals surface area contributed by atoms with Gasteiger partial charge in [0.2, 0.25) is 0 Å². The second kappa shape index (κ2) is 7.64. The number of benzene rings is 3. The van der Waals surface area contributed by atoms with Crippen LogP contribution in [0.3, 0.4) is 0 Å². The SMILES string of the molecule is Cc1ccccc1CN(C)C(=O)c1ccc(Cn2nnc3ccccc32)cc1. The highest BCUT2D eigenvalue weighted by atomic mass is 16.2. The largest absolute Gasteiger partial charge is 0.337 e. The quantitative estimate of drug-likeness (QED) is 0.532. The number of aryl methyl sites for hydroxylation is 1. The Bertz CT molecular complexity index is 1110. The first kappa shape index (κ1) is 17.9. The van der Waals surface area contributed by atoms with Crippen LogP contribution in [-0.2, 0) is 13.1 Å². The highest BCUT2D eigenvalue weighted by Gasteiger charge is 2.13. The first-order valence-corrected chi connectivity index (χ1v) is 9.29. The monoisotopic (exact) mass is 370 g/mol. The summed E-state index contributed by atoms with van der Waals surface area (Å²) in [4.78, 5) is 14.5. The lowest BCUT2D eigenvalue weighted by Crippen LogP contribution is -2.26. The molecule has 0 bridgehead atoms. The third kappa shape index (κ3) is 3.64. The minimum absolute atomic E-state index is 0.0148. The van der Waals surface area contributed by atoms with Crippen LogP contribution in [-0.4, -0.2) is 32.8 Å². The highest BCUT2D eigenvalue weighted by Crippen LogP contribution is 2.15. The minimum atomic E-state index is 0.0148. The molecule has 4 rings (SSSR count). The molecular weight excluding hydrogens is 348 g/mol. The summed E-state index contributed by atoms with van der Waals surface area (Å²) in [6.45, 7) is 3.28. The molecule has 1 amide bonds. The van der Waals surface area contributed by atoms with E-state index in [4.69, 9.17) is 0 Å². The molecule has 3 aromatic carbocycles. The number of amides is 1. The highest BCUT2D eigenvalue weighted by molar-refractivity contribution is 5.94. The number of hydrogen-bond acceptors (Lipinski definition) is 3. The van der Waals surface area contributed by atoms with Crippen LogP contribution in [0.4, 0.5) is 0 Å². The van der Waals surface area contributed by atoms with Gasteiger partial charge in [-0.1, -0.05) is 53.7 Å². The van der Waals surface area contributed by atoms with Crippen LogP contribution in [0.1, 0.15) is 27.0 Å². The molecule has 4 aromatic rings. The van der Waals surface area contributed by atoms with Gasteiger partial charge in [-0.05, 0) is 47.9 Å². The number of para-hydroxylation sites is 1. The molecule has 0 N–H and O–H groups in total. The Kier molecular flexibility index (Phi) is 4.89. The second-order valence-electron chi connectivity index (χ2n) is 7.02. The maximum absolute atomic E-state index is 12.8. The summed E-state index contributed by atoms with van der Waals surface area (Å²) < 4.78 is 1.87. The summed E-state index contributed by atoms with van der Waals surface area (Å²) in [6.07, 6.45) is 0. The van der Waals surface area contributed by atoms with Gasteiger partial charge in [-0.25, -0.2) is 4.68 Å². The Morgan fingerprint density at radius 1 is 0.964 bits per heavy atom. The van der Waals surface area contributed by atoms with Crippen LogP contribution >= 0.6 is 0 Å². The van der Waals surface area contributed by atoms with Gasteiger partial charge in [0, 0.05) is 19.2 Å². The Morgan fingerprint density at radius 2 is 1.68 bits per heavy atom. The molecule has 1 aromatic heterocycles. The van der Waals surface area contributed by atoms with Gasteiger partial charge >= 0.3 is 0 Å². The first-order valence-electron chi connectivity index (χ1n) is 9.29. The molecule has 0 saturated carbocycles. The van der Waals surface area contributed by atoms with Gasteiger partial charge in [0.1, 0.15) is 5.52 Å². The van der Waals surface area contributed by atoms with E-state index in [2.05, 4.69) is 29.4 Å². The van der Waals surface area contributed by atoms with Crippen molar-refractivity contribution in [2.75, 3.05) is 7.05 Å². The molecule has 0 spiro atoms. The lowest BCUT2D eigenvalue weighted by atomic mass is 10.1. The number of aromatic nitrogens is 3. The zero-order valence-corrected chi connectivity index (χ0v) is 16.0. The molecule has 28 heavy (non-hydrogen) atoms. The Hall–Kier alpha value is -3.47. The smallest absolute Gasteiger partial charge is 0.253 e. The molecule has 0 aliphatic heterocycles. The average Bonchev–Trinajstić information content (AvgIpc) is 3.13. The molecule has 5 nitrogen and oxygen atoms in total. The van der Waals surface area contributed by atoms with E-state index in [1.165, 1.54) is 5.56 Å². The van der Waals surface area contributed by atoms with Crippen LogP contribution in [0.2, 0.25) is 0 Å². The molecule has 0 aliphatic rings. The van der Waals surface area contributed by atoms with Crippen molar-refractivity contribution < 1.29 is 4.79 Å². The zero-order chi connectivity index (χ0) is 19.5.